The fourth-order valence-electron chi connectivity index (χ4n) is 8.77. The van der Waals surface area contributed by atoms with E-state index in [0.29, 0.717) is 89.2 Å². The molecule has 18 heteroatoms. The number of hydrogen-bond acceptors (Lipinski definition) is 13. The minimum absolute atomic E-state index is 0.0109. The van der Waals surface area contributed by atoms with Gasteiger partial charge in [0.25, 0.3) is 0 Å². The van der Waals surface area contributed by atoms with Crippen molar-refractivity contribution in [1.82, 2.24) is 25.3 Å². The topological polar surface area (TPSA) is 240 Å². The molecule has 0 aliphatic carbocycles. The van der Waals surface area contributed by atoms with Gasteiger partial charge in [0.15, 0.2) is 5.78 Å². The molecule has 18 nitrogen and oxygen atoms in total. The van der Waals surface area contributed by atoms with E-state index in [4.69, 9.17) is 9.47 Å². The summed E-state index contributed by atoms with van der Waals surface area (Å²) in [6.45, 7) is 34.9. The van der Waals surface area contributed by atoms with Crippen LogP contribution in [0.4, 0.5) is 0 Å². The summed E-state index contributed by atoms with van der Waals surface area (Å²) < 4.78 is 10.5. The molecule has 0 aromatic heterocycles. The third-order valence-corrected chi connectivity index (χ3v) is 14.4. The van der Waals surface area contributed by atoms with E-state index in [9.17, 15) is 52.7 Å². The normalized spacial score (nSPS) is 17.4. The molecule has 0 radical (unpaired) electrons. The lowest BCUT2D eigenvalue weighted by atomic mass is 9.94. The van der Waals surface area contributed by atoms with Crippen LogP contribution in [0.25, 0.3) is 0 Å². The van der Waals surface area contributed by atoms with E-state index in [1.807, 2.05) is 96.9 Å². The Bertz CT molecular complexity index is 1940. The molecule has 2 N–H and O–H groups in total. The molecule has 3 unspecified atom stereocenters. The van der Waals surface area contributed by atoms with Crippen LogP contribution in [0, 0.1) is 65.1 Å². The Morgan fingerprint density at radius 3 is 1.23 bits per heavy atom. The third-order valence-electron chi connectivity index (χ3n) is 14.4. The van der Waals surface area contributed by atoms with Gasteiger partial charge in [-0.3, -0.25) is 67.4 Å². The molecule has 0 bridgehead atoms. The lowest BCUT2D eigenvalue weighted by Gasteiger charge is -2.16. The number of Topliss-reactive ketones (excluding diaryl/α,β-unsaturated/α-hetero) is 3. The summed E-state index contributed by atoms with van der Waals surface area (Å²) in [5.41, 5.74) is 0. The molecule has 3 aliphatic rings. The maximum Gasteiger partial charge on any atom is 0.233 e. The molecule has 8 amide bonds. The monoisotopic (exact) mass is 1130 g/mol. The van der Waals surface area contributed by atoms with Crippen molar-refractivity contribution in [2.24, 2.45) is 65.1 Å². The molecular formula is C62H109N5O13. The Morgan fingerprint density at radius 1 is 0.425 bits per heavy atom. The van der Waals surface area contributed by atoms with Crippen molar-refractivity contribution in [2.75, 3.05) is 59.2 Å². The van der Waals surface area contributed by atoms with Gasteiger partial charge in [-0.05, 0) is 68.1 Å². The van der Waals surface area contributed by atoms with E-state index in [2.05, 4.69) is 24.5 Å². The van der Waals surface area contributed by atoms with E-state index in [1.54, 1.807) is 0 Å². The summed E-state index contributed by atoms with van der Waals surface area (Å²) in [6, 6.07) is 0. The van der Waals surface area contributed by atoms with Crippen molar-refractivity contribution < 1.29 is 62.2 Å². The van der Waals surface area contributed by atoms with E-state index in [1.165, 1.54) is 14.7 Å². The van der Waals surface area contributed by atoms with Crippen LogP contribution in [0.15, 0.2) is 0 Å². The second kappa shape index (κ2) is 41.3. The lowest BCUT2D eigenvalue weighted by molar-refractivity contribution is -0.141. The predicted octanol–water partition coefficient (Wildman–Crippen LogP) is 8.97. The van der Waals surface area contributed by atoms with Crippen LogP contribution in [0.5, 0.6) is 0 Å². The first-order chi connectivity index (χ1) is 37.4. The van der Waals surface area contributed by atoms with Gasteiger partial charge in [-0.1, -0.05) is 124 Å². The quantitative estimate of drug-likeness (QED) is 0.0445. The largest absolute Gasteiger partial charge is 0.377 e. The SMILES string of the molecule is CC(C)C(=O)CCCCCN1C(=O)CC(C(C)C)C1=O.CC(C)C(=O)COCCOCCNC(=O)CCN1C(=O)CC(C(C)C)C1=O.CC(C)CC(=O)NCCCCCC(=O)C(C)C.CC(C)CCCN1C(=O)CC(C(C)C)C1=O. The average Bonchev–Trinajstić information content (AvgIpc) is 3.95. The van der Waals surface area contributed by atoms with Crippen molar-refractivity contribution in [3.05, 3.63) is 0 Å². The Balaban J connectivity index is 0.00000106. The average molecular weight is 1130 g/mol. The second-order valence-corrected chi connectivity index (χ2v) is 24.5. The maximum atomic E-state index is 12.2. The van der Waals surface area contributed by atoms with Crippen LogP contribution >= 0.6 is 0 Å². The standard InChI is InChI=1S/C19H32N2O6.C16H27NO3.C14H27NO2.C13H23NO2/c1-13(2)15-11-18(24)21(19(15)25)7-5-17(23)20-6-8-26-9-10-27-12-16(22)14(3)4;1-11(2)13-10-15(19)17(16(13)20)9-7-5-6-8-14(18)12(3)4;1-11(2)10-14(17)15-9-7-5-6-8-13(16)12(3)4;1-9(2)6-5-7-14-12(15)8-11(10(3)4)13(14)16/h13-15H,5-12H2,1-4H3,(H,20,23);11-13H,5-10H2,1-4H3;11-12H,5-10H2,1-4H3,(H,15,17);9-11H,5-8H2,1-4H3. The van der Waals surface area contributed by atoms with Gasteiger partial charge in [0.2, 0.25) is 47.3 Å². The number of amides is 8. The first-order valence-electron chi connectivity index (χ1n) is 30.2. The number of nitrogens with zero attached hydrogens (tertiary/aromatic N) is 3. The molecule has 0 saturated carbocycles. The van der Waals surface area contributed by atoms with Crippen LogP contribution in [-0.4, -0.2) is 138 Å². The van der Waals surface area contributed by atoms with Gasteiger partial charge in [0, 0.05) is 113 Å². The highest BCUT2D eigenvalue weighted by Crippen LogP contribution is 2.29. The van der Waals surface area contributed by atoms with Gasteiger partial charge in [-0.15, -0.1) is 0 Å². The number of carbonyl (C=O) groups excluding carboxylic acids is 11. The van der Waals surface area contributed by atoms with Crippen molar-refractivity contribution in [1.29, 1.82) is 0 Å². The number of hydrogen-bond donors (Lipinski definition) is 2. The molecule has 3 aliphatic heterocycles. The van der Waals surface area contributed by atoms with E-state index in [0.717, 1.165) is 57.9 Å². The van der Waals surface area contributed by atoms with Gasteiger partial charge in [0.05, 0.1) is 19.8 Å². The highest BCUT2D eigenvalue weighted by atomic mass is 16.5. The summed E-state index contributed by atoms with van der Waals surface area (Å²) in [5, 5.41) is 5.59. The van der Waals surface area contributed by atoms with Gasteiger partial charge in [-0.2, -0.15) is 0 Å². The van der Waals surface area contributed by atoms with Crippen molar-refractivity contribution in [2.45, 2.75) is 207 Å². The highest BCUT2D eigenvalue weighted by molar-refractivity contribution is 6.05. The predicted molar refractivity (Wildman–Crippen MR) is 311 cm³/mol. The Morgan fingerprint density at radius 2 is 0.825 bits per heavy atom. The van der Waals surface area contributed by atoms with E-state index < -0.39 is 0 Å². The fourth-order valence-corrected chi connectivity index (χ4v) is 8.77. The number of unbranched alkanes of at least 4 members (excludes halogenated alkanes) is 4. The highest BCUT2D eigenvalue weighted by Gasteiger charge is 2.41. The number of rotatable bonds is 35. The molecule has 0 aromatic carbocycles. The molecule has 3 fully saturated rings. The van der Waals surface area contributed by atoms with E-state index in [-0.39, 0.29) is 138 Å². The number of carbonyl (C=O) groups is 11. The number of ether oxygens (including phenoxy) is 2. The molecule has 3 heterocycles. The molecule has 0 spiro atoms. The molecule has 460 valence electrons. The van der Waals surface area contributed by atoms with Crippen LogP contribution in [0.1, 0.15) is 207 Å². The Labute approximate surface area is 481 Å². The zero-order chi connectivity index (χ0) is 61.2. The number of nitrogens with one attached hydrogen (secondary N) is 2. The Hall–Kier alpha value is -4.71. The first kappa shape index (κ1) is 75.3. The summed E-state index contributed by atoms with van der Waals surface area (Å²) in [4.78, 5) is 133. The van der Waals surface area contributed by atoms with Crippen LogP contribution in [0.2, 0.25) is 0 Å². The summed E-state index contributed by atoms with van der Waals surface area (Å²) in [5.74, 6) is 1.62. The zero-order valence-electron chi connectivity index (χ0n) is 52.5. The minimum atomic E-state index is -0.271. The van der Waals surface area contributed by atoms with Crippen LogP contribution in [0.3, 0.4) is 0 Å². The second-order valence-electron chi connectivity index (χ2n) is 24.5. The summed E-state index contributed by atoms with van der Waals surface area (Å²) in [7, 11) is 0. The molecule has 3 atom stereocenters. The third kappa shape index (κ3) is 31.5. The van der Waals surface area contributed by atoms with Gasteiger partial charge in [-0.25, -0.2) is 0 Å². The van der Waals surface area contributed by atoms with Gasteiger partial charge < -0.3 is 20.1 Å². The number of imide groups is 3. The zero-order valence-corrected chi connectivity index (χ0v) is 52.5. The van der Waals surface area contributed by atoms with Gasteiger partial charge in [0.1, 0.15) is 18.2 Å². The van der Waals surface area contributed by atoms with Gasteiger partial charge >= 0.3 is 0 Å². The van der Waals surface area contributed by atoms with Crippen molar-refractivity contribution in [3.63, 3.8) is 0 Å². The van der Waals surface area contributed by atoms with Crippen LogP contribution < -0.4 is 10.6 Å². The minimum Gasteiger partial charge on any atom is -0.377 e. The molecule has 3 saturated heterocycles. The Kier molecular flexibility index (Phi) is 38.9. The summed E-state index contributed by atoms with van der Waals surface area (Å²) >= 11 is 0. The molecule has 0 aromatic rings. The lowest BCUT2D eigenvalue weighted by Crippen LogP contribution is -2.36. The smallest absolute Gasteiger partial charge is 0.233 e. The van der Waals surface area contributed by atoms with Crippen LogP contribution in [-0.2, 0) is 62.2 Å². The first-order valence-corrected chi connectivity index (χ1v) is 30.2. The number of likely N-dealkylation sites (tertiary alicyclic amines) is 3. The molecule has 3 rings (SSSR count). The molecular weight excluding hydrogens is 1020 g/mol. The molecule has 80 heavy (non-hydrogen) atoms. The summed E-state index contributed by atoms with van der Waals surface area (Å²) in [6.07, 6.45) is 10.4. The maximum absolute atomic E-state index is 12.2. The van der Waals surface area contributed by atoms with Crippen molar-refractivity contribution in [3.8, 4) is 0 Å². The number of ketones is 3. The van der Waals surface area contributed by atoms with E-state index >= 15 is 0 Å². The fraction of sp³-hybridized carbons (Fsp3) is 0.823. The van der Waals surface area contributed by atoms with Crippen molar-refractivity contribution >= 4 is 64.6 Å².